The summed E-state index contributed by atoms with van der Waals surface area (Å²) in [6.45, 7) is 0.301. The fraction of sp³-hybridized carbons (Fsp3) is 0.294. The van der Waals surface area contributed by atoms with Crippen LogP contribution in [0.3, 0.4) is 0 Å². The van der Waals surface area contributed by atoms with Crippen LogP contribution in [0.25, 0.3) is 0 Å². The van der Waals surface area contributed by atoms with Gasteiger partial charge in [0, 0.05) is 6.54 Å². The minimum Gasteiger partial charge on any atom is -0.493 e. The lowest BCUT2D eigenvalue weighted by molar-refractivity contribution is 0.354. The summed E-state index contributed by atoms with van der Waals surface area (Å²) in [6, 6.07) is 14.8. The predicted molar refractivity (Wildman–Crippen MR) is 90.3 cm³/mol. The molecule has 0 spiro atoms. The Morgan fingerprint density at radius 2 is 1.61 bits per heavy atom. The zero-order chi connectivity index (χ0) is 16.7. The molecule has 0 saturated heterocycles. The molecule has 0 aliphatic rings. The predicted octanol–water partition coefficient (Wildman–Crippen LogP) is 2.37. The molecule has 0 unspecified atom stereocenters. The Bertz CT molecular complexity index is 730. The van der Waals surface area contributed by atoms with Gasteiger partial charge >= 0.3 is 0 Å². The second-order valence-corrected chi connectivity index (χ2v) is 6.99. The summed E-state index contributed by atoms with van der Waals surface area (Å²) >= 11 is 0. The van der Waals surface area contributed by atoms with Gasteiger partial charge in [-0.3, -0.25) is 0 Å². The van der Waals surface area contributed by atoms with Crippen LogP contribution in [0, 0.1) is 0 Å². The summed E-state index contributed by atoms with van der Waals surface area (Å²) in [7, 11) is -0.215. The molecule has 0 heterocycles. The molecule has 0 bridgehead atoms. The standard InChI is InChI=1S/C17H21NO4S/c1-21-16-9-8-14(12-17(16)22-2)10-11-23(19,20)18-13-15-6-4-3-5-7-15/h3-9,12,18H,10-11,13H2,1-2H3. The van der Waals surface area contributed by atoms with E-state index in [9.17, 15) is 8.42 Å². The maximum atomic E-state index is 12.1. The smallest absolute Gasteiger partial charge is 0.212 e. The third kappa shape index (κ3) is 5.26. The first-order valence-corrected chi connectivity index (χ1v) is 8.91. The summed E-state index contributed by atoms with van der Waals surface area (Å²) in [5.41, 5.74) is 1.81. The molecule has 0 atom stereocenters. The van der Waals surface area contributed by atoms with Gasteiger partial charge in [-0.2, -0.15) is 0 Å². The van der Waals surface area contributed by atoms with Gasteiger partial charge in [-0.1, -0.05) is 36.4 Å². The third-order valence-corrected chi connectivity index (χ3v) is 4.77. The van der Waals surface area contributed by atoms with E-state index in [-0.39, 0.29) is 5.75 Å². The van der Waals surface area contributed by atoms with Crippen LogP contribution in [0.15, 0.2) is 48.5 Å². The number of nitrogens with one attached hydrogen (secondary N) is 1. The Hall–Kier alpha value is -2.05. The van der Waals surface area contributed by atoms with E-state index < -0.39 is 10.0 Å². The molecule has 0 aromatic heterocycles. The van der Waals surface area contributed by atoms with Crippen LogP contribution in [-0.4, -0.2) is 28.4 Å². The zero-order valence-electron chi connectivity index (χ0n) is 13.3. The van der Waals surface area contributed by atoms with E-state index >= 15 is 0 Å². The zero-order valence-corrected chi connectivity index (χ0v) is 14.1. The molecule has 5 nitrogen and oxygen atoms in total. The normalized spacial score (nSPS) is 11.2. The van der Waals surface area contributed by atoms with Gasteiger partial charge in [0.05, 0.1) is 20.0 Å². The van der Waals surface area contributed by atoms with Gasteiger partial charge in [0.2, 0.25) is 10.0 Å². The summed E-state index contributed by atoms with van der Waals surface area (Å²) < 4.78 is 37.2. The molecule has 124 valence electrons. The van der Waals surface area contributed by atoms with Gasteiger partial charge in [0.25, 0.3) is 0 Å². The van der Waals surface area contributed by atoms with Crippen molar-refractivity contribution in [2.45, 2.75) is 13.0 Å². The number of sulfonamides is 1. The van der Waals surface area contributed by atoms with Gasteiger partial charge in [0.1, 0.15) is 0 Å². The lowest BCUT2D eigenvalue weighted by atomic mass is 10.1. The monoisotopic (exact) mass is 335 g/mol. The Kier molecular flexibility index (Phi) is 6.01. The van der Waals surface area contributed by atoms with E-state index in [2.05, 4.69) is 4.72 Å². The Morgan fingerprint density at radius 1 is 0.913 bits per heavy atom. The van der Waals surface area contributed by atoms with Gasteiger partial charge in [-0.25, -0.2) is 13.1 Å². The number of hydrogen-bond acceptors (Lipinski definition) is 4. The average Bonchev–Trinajstić information content (AvgIpc) is 2.59. The molecule has 6 heteroatoms. The first-order chi connectivity index (χ1) is 11.0. The summed E-state index contributed by atoms with van der Waals surface area (Å²) in [6.07, 6.45) is 0.407. The van der Waals surface area contributed by atoms with Crippen molar-refractivity contribution in [2.75, 3.05) is 20.0 Å². The second kappa shape index (κ2) is 7.99. The molecule has 0 amide bonds. The Balaban J connectivity index is 1.94. The van der Waals surface area contributed by atoms with Crippen molar-refractivity contribution in [1.82, 2.24) is 4.72 Å². The van der Waals surface area contributed by atoms with E-state index in [0.717, 1.165) is 11.1 Å². The first kappa shape index (κ1) is 17.3. The van der Waals surface area contributed by atoms with Crippen molar-refractivity contribution in [3.63, 3.8) is 0 Å². The van der Waals surface area contributed by atoms with Crippen molar-refractivity contribution in [3.05, 3.63) is 59.7 Å². The topological polar surface area (TPSA) is 64.6 Å². The number of benzene rings is 2. The number of hydrogen-bond donors (Lipinski definition) is 1. The number of rotatable bonds is 8. The molecule has 1 N–H and O–H groups in total. The fourth-order valence-electron chi connectivity index (χ4n) is 2.15. The highest BCUT2D eigenvalue weighted by Crippen LogP contribution is 2.27. The van der Waals surface area contributed by atoms with Crippen LogP contribution in [0.5, 0.6) is 11.5 Å². The minimum absolute atomic E-state index is 0.0231. The van der Waals surface area contributed by atoms with Crippen LogP contribution < -0.4 is 14.2 Å². The molecular weight excluding hydrogens is 314 g/mol. The molecule has 0 fully saturated rings. The highest BCUT2D eigenvalue weighted by Gasteiger charge is 2.12. The van der Waals surface area contributed by atoms with Crippen molar-refractivity contribution >= 4 is 10.0 Å². The molecule has 2 rings (SSSR count). The van der Waals surface area contributed by atoms with E-state index in [1.54, 1.807) is 26.4 Å². The quantitative estimate of drug-likeness (QED) is 0.804. The maximum absolute atomic E-state index is 12.1. The van der Waals surface area contributed by atoms with Gasteiger partial charge in [-0.15, -0.1) is 0 Å². The molecule has 0 radical (unpaired) electrons. The fourth-order valence-corrected chi connectivity index (χ4v) is 3.19. The van der Waals surface area contributed by atoms with Crippen LogP contribution in [0.4, 0.5) is 0 Å². The van der Waals surface area contributed by atoms with E-state index in [0.29, 0.717) is 24.5 Å². The largest absolute Gasteiger partial charge is 0.493 e. The molecule has 0 saturated carbocycles. The minimum atomic E-state index is -3.34. The summed E-state index contributed by atoms with van der Waals surface area (Å²) in [5, 5.41) is 0. The van der Waals surface area contributed by atoms with Crippen LogP contribution >= 0.6 is 0 Å². The lowest BCUT2D eigenvalue weighted by Crippen LogP contribution is -2.26. The van der Waals surface area contributed by atoms with E-state index in [1.165, 1.54) is 0 Å². The second-order valence-electron chi connectivity index (χ2n) is 5.06. The first-order valence-electron chi connectivity index (χ1n) is 7.26. The average molecular weight is 335 g/mol. The number of aryl methyl sites for hydroxylation is 1. The Labute approximate surface area is 137 Å². The molecular formula is C17H21NO4S. The van der Waals surface area contributed by atoms with Crippen molar-refractivity contribution in [1.29, 1.82) is 0 Å². The van der Waals surface area contributed by atoms with Crippen molar-refractivity contribution < 1.29 is 17.9 Å². The van der Waals surface area contributed by atoms with Crippen LogP contribution in [0.1, 0.15) is 11.1 Å². The third-order valence-electron chi connectivity index (χ3n) is 3.45. The lowest BCUT2D eigenvalue weighted by Gasteiger charge is -2.10. The van der Waals surface area contributed by atoms with Crippen LogP contribution in [0.2, 0.25) is 0 Å². The van der Waals surface area contributed by atoms with Gasteiger partial charge < -0.3 is 9.47 Å². The highest BCUT2D eigenvalue weighted by molar-refractivity contribution is 7.89. The highest BCUT2D eigenvalue weighted by atomic mass is 32.2. The number of methoxy groups -OCH3 is 2. The molecule has 2 aromatic carbocycles. The van der Waals surface area contributed by atoms with Crippen LogP contribution in [-0.2, 0) is 23.0 Å². The van der Waals surface area contributed by atoms with Crippen molar-refractivity contribution in [3.8, 4) is 11.5 Å². The summed E-state index contributed by atoms with van der Waals surface area (Å²) in [5.74, 6) is 1.25. The SMILES string of the molecule is COc1ccc(CCS(=O)(=O)NCc2ccccc2)cc1OC. The van der Waals surface area contributed by atoms with Gasteiger partial charge in [-0.05, 0) is 29.7 Å². The molecule has 0 aliphatic carbocycles. The van der Waals surface area contributed by atoms with Gasteiger partial charge in [0.15, 0.2) is 11.5 Å². The molecule has 2 aromatic rings. The van der Waals surface area contributed by atoms with E-state index in [1.807, 2.05) is 36.4 Å². The number of ether oxygens (including phenoxy) is 2. The van der Waals surface area contributed by atoms with Crippen molar-refractivity contribution in [2.24, 2.45) is 0 Å². The van der Waals surface area contributed by atoms with E-state index in [4.69, 9.17) is 9.47 Å². The Morgan fingerprint density at radius 3 is 2.26 bits per heavy atom. The maximum Gasteiger partial charge on any atom is 0.212 e. The molecule has 0 aliphatic heterocycles. The molecule has 23 heavy (non-hydrogen) atoms. The summed E-state index contributed by atoms with van der Waals surface area (Å²) in [4.78, 5) is 0.